The molecule has 0 unspecified atom stereocenters. The van der Waals surface area contributed by atoms with Gasteiger partial charge in [0.15, 0.2) is 0 Å². The molecule has 0 N–H and O–H groups in total. The lowest BCUT2D eigenvalue weighted by Crippen LogP contribution is -2.15. The molecule has 0 bridgehead atoms. The Morgan fingerprint density at radius 2 is 1.37 bits per heavy atom. The lowest BCUT2D eigenvalue weighted by atomic mass is 9.78. The average molecular weight is 469 g/mol. The maximum atomic E-state index is 5.01. The first-order valence-corrected chi connectivity index (χ1v) is 14.4. The Labute approximate surface area is 213 Å². The van der Waals surface area contributed by atoms with Crippen LogP contribution in [0.1, 0.15) is 114 Å². The first-order valence-electron chi connectivity index (χ1n) is 14.4. The number of para-hydroxylation sites is 1. The van der Waals surface area contributed by atoms with E-state index in [9.17, 15) is 0 Å². The van der Waals surface area contributed by atoms with Crippen molar-refractivity contribution in [2.24, 2.45) is 11.8 Å². The summed E-state index contributed by atoms with van der Waals surface area (Å²) in [6.45, 7) is 7.06. The maximum Gasteiger partial charge on any atom is 0.144 e. The first kappa shape index (κ1) is 24.3. The SMILES string of the molecule is CC(C)[C@H](C)Cc1ccccc1-c1nccn1-c1c(C2CCCCC2)cccc1C1CCCCC1. The van der Waals surface area contributed by atoms with Crippen LogP contribution in [0, 0.1) is 11.8 Å². The van der Waals surface area contributed by atoms with Crippen LogP contribution >= 0.6 is 0 Å². The van der Waals surface area contributed by atoms with Crippen LogP contribution < -0.4 is 0 Å². The molecule has 0 spiro atoms. The van der Waals surface area contributed by atoms with Crippen molar-refractivity contribution in [2.45, 2.75) is 103 Å². The zero-order valence-electron chi connectivity index (χ0n) is 22.2. The lowest BCUT2D eigenvalue weighted by Gasteiger charge is -2.30. The van der Waals surface area contributed by atoms with Crippen molar-refractivity contribution in [1.29, 1.82) is 0 Å². The number of hydrogen-bond donors (Lipinski definition) is 0. The molecule has 2 aliphatic carbocycles. The molecular weight excluding hydrogens is 424 g/mol. The van der Waals surface area contributed by atoms with Gasteiger partial charge in [-0.05, 0) is 72.5 Å². The van der Waals surface area contributed by atoms with Gasteiger partial charge in [0.05, 0.1) is 5.69 Å². The van der Waals surface area contributed by atoms with Crippen LogP contribution in [0.3, 0.4) is 0 Å². The summed E-state index contributed by atoms with van der Waals surface area (Å²) in [6, 6.07) is 16.2. The lowest BCUT2D eigenvalue weighted by molar-refractivity contribution is 0.417. The molecule has 2 fully saturated rings. The summed E-state index contributed by atoms with van der Waals surface area (Å²) >= 11 is 0. The summed E-state index contributed by atoms with van der Waals surface area (Å²) in [5, 5.41) is 0. The fourth-order valence-electron chi connectivity index (χ4n) is 6.53. The maximum absolute atomic E-state index is 5.01. The minimum absolute atomic E-state index is 0.645. The molecule has 1 heterocycles. The van der Waals surface area contributed by atoms with Crippen LogP contribution in [-0.2, 0) is 6.42 Å². The van der Waals surface area contributed by atoms with Gasteiger partial charge in [-0.3, -0.25) is 4.57 Å². The van der Waals surface area contributed by atoms with Gasteiger partial charge in [-0.1, -0.05) is 102 Å². The molecule has 2 aliphatic rings. The molecule has 2 nitrogen and oxygen atoms in total. The van der Waals surface area contributed by atoms with Gasteiger partial charge in [-0.2, -0.15) is 0 Å². The van der Waals surface area contributed by atoms with E-state index in [1.807, 2.05) is 6.20 Å². The van der Waals surface area contributed by atoms with E-state index in [2.05, 4.69) is 74.0 Å². The smallest absolute Gasteiger partial charge is 0.144 e. The Morgan fingerprint density at radius 3 is 1.97 bits per heavy atom. The number of imidazole rings is 1. The third-order valence-electron chi connectivity index (χ3n) is 9.01. The molecular formula is C33H44N2. The van der Waals surface area contributed by atoms with Gasteiger partial charge in [-0.15, -0.1) is 0 Å². The minimum Gasteiger partial charge on any atom is -0.299 e. The number of aromatic nitrogens is 2. The number of benzene rings is 2. The minimum atomic E-state index is 0.645. The molecule has 0 amide bonds. The summed E-state index contributed by atoms with van der Waals surface area (Å²) in [7, 11) is 0. The Morgan fingerprint density at radius 1 is 0.771 bits per heavy atom. The van der Waals surface area contributed by atoms with Gasteiger partial charge >= 0.3 is 0 Å². The van der Waals surface area contributed by atoms with Gasteiger partial charge in [0.1, 0.15) is 5.82 Å². The highest BCUT2D eigenvalue weighted by Crippen LogP contribution is 2.43. The zero-order valence-corrected chi connectivity index (χ0v) is 22.2. The highest BCUT2D eigenvalue weighted by molar-refractivity contribution is 5.65. The van der Waals surface area contributed by atoms with Crippen LogP contribution in [0.25, 0.3) is 17.1 Å². The van der Waals surface area contributed by atoms with E-state index in [1.165, 1.54) is 81.0 Å². The van der Waals surface area contributed by atoms with Gasteiger partial charge < -0.3 is 0 Å². The molecule has 1 aromatic heterocycles. The van der Waals surface area contributed by atoms with E-state index in [0.29, 0.717) is 23.7 Å². The second-order valence-electron chi connectivity index (χ2n) is 11.7. The fraction of sp³-hybridized carbons (Fsp3) is 0.545. The molecule has 0 radical (unpaired) electrons. The second-order valence-corrected chi connectivity index (χ2v) is 11.7. The van der Waals surface area contributed by atoms with Gasteiger partial charge in [0, 0.05) is 18.0 Å². The zero-order chi connectivity index (χ0) is 24.2. The molecule has 3 aromatic rings. The Balaban J connectivity index is 1.63. The number of rotatable bonds is 7. The molecule has 0 saturated heterocycles. The van der Waals surface area contributed by atoms with Crippen molar-refractivity contribution in [3.05, 3.63) is 71.5 Å². The number of hydrogen-bond acceptors (Lipinski definition) is 1. The van der Waals surface area contributed by atoms with Crippen molar-refractivity contribution < 1.29 is 0 Å². The molecule has 1 atom stereocenters. The average Bonchev–Trinajstić information content (AvgIpc) is 3.39. The summed E-state index contributed by atoms with van der Waals surface area (Å²) < 4.78 is 2.48. The third-order valence-corrected chi connectivity index (χ3v) is 9.01. The Hall–Kier alpha value is -2.35. The summed E-state index contributed by atoms with van der Waals surface area (Å²) in [6.07, 6.45) is 18.9. The van der Waals surface area contributed by atoms with Gasteiger partial charge in [0.25, 0.3) is 0 Å². The summed E-state index contributed by atoms with van der Waals surface area (Å²) in [5.41, 5.74) is 7.33. The van der Waals surface area contributed by atoms with Crippen LogP contribution in [0.4, 0.5) is 0 Å². The highest BCUT2D eigenvalue weighted by Gasteiger charge is 2.27. The van der Waals surface area contributed by atoms with E-state index in [4.69, 9.17) is 4.98 Å². The van der Waals surface area contributed by atoms with E-state index in [-0.39, 0.29) is 0 Å². The largest absolute Gasteiger partial charge is 0.299 e. The quantitative estimate of drug-likeness (QED) is 0.337. The molecule has 186 valence electrons. The van der Waals surface area contributed by atoms with E-state index in [0.717, 1.165) is 12.2 Å². The monoisotopic (exact) mass is 468 g/mol. The van der Waals surface area contributed by atoms with Crippen LogP contribution in [0.2, 0.25) is 0 Å². The fourth-order valence-corrected chi connectivity index (χ4v) is 6.53. The standard InChI is InChI=1S/C33H44N2/c1-24(2)25(3)23-28-17-10-11-18-31(28)33-34-21-22-35(33)32-29(26-13-6-4-7-14-26)19-12-20-30(32)27-15-8-5-9-16-27/h10-12,17-22,24-27H,4-9,13-16,23H2,1-3H3/t25-/m1/s1. The number of nitrogens with zero attached hydrogens (tertiary/aromatic N) is 2. The highest BCUT2D eigenvalue weighted by atomic mass is 15.1. The van der Waals surface area contributed by atoms with Crippen LogP contribution in [-0.4, -0.2) is 9.55 Å². The van der Waals surface area contributed by atoms with E-state index in [1.54, 1.807) is 11.1 Å². The van der Waals surface area contributed by atoms with Gasteiger partial charge in [0.2, 0.25) is 0 Å². The molecule has 5 rings (SSSR count). The van der Waals surface area contributed by atoms with Crippen molar-refractivity contribution >= 4 is 0 Å². The predicted molar refractivity (Wildman–Crippen MR) is 148 cm³/mol. The normalized spacial score (nSPS) is 18.7. The van der Waals surface area contributed by atoms with E-state index < -0.39 is 0 Å². The summed E-state index contributed by atoms with van der Waals surface area (Å²) in [5.74, 6) is 3.79. The van der Waals surface area contributed by atoms with Crippen molar-refractivity contribution in [1.82, 2.24) is 9.55 Å². The molecule has 2 aromatic carbocycles. The van der Waals surface area contributed by atoms with Crippen LogP contribution in [0.15, 0.2) is 54.9 Å². The predicted octanol–water partition coefficient (Wildman–Crippen LogP) is 9.47. The van der Waals surface area contributed by atoms with Crippen molar-refractivity contribution in [3.8, 4) is 17.1 Å². The summed E-state index contributed by atoms with van der Waals surface area (Å²) in [4.78, 5) is 5.01. The Bertz CT molecular complexity index is 1060. The van der Waals surface area contributed by atoms with Crippen molar-refractivity contribution in [2.75, 3.05) is 0 Å². The van der Waals surface area contributed by atoms with Crippen LogP contribution in [0.5, 0.6) is 0 Å². The molecule has 35 heavy (non-hydrogen) atoms. The van der Waals surface area contributed by atoms with E-state index >= 15 is 0 Å². The van der Waals surface area contributed by atoms with Crippen molar-refractivity contribution in [3.63, 3.8) is 0 Å². The first-order chi connectivity index (χ1) is 17.1. The molecule has 0 aliphatic heterocycles. The van der Waals surface area contributed by atoms with Gasteiger partial charge in [-0.25, -0.2) is 4.98 Å². The Kier molecular flexibility index (Phi) is 7.75. The molecule has 2 saturated carbocycles. The second kappa shape index (κ2) is 11.1. The third kappa shape index (κ3) is 5.27. The topological polar surface area (TPSA) is 17.8 Å². The molecule has 2 heteroatoms.